The van der Waals surface area contributed by atoms with E-state index in [1.54, 1.807) is 18.2 Å². The number of hydrogen-bond donors (Lipinski definition) is 1. The Labute approximate surface area is 138 Å². The number of nitrogens with zero attached hydrogens (tertiary/aromatic N) is 1. The van der Waals surface area contributed by atoms with Crippen molar-refractivity contribution < 1.29 is 9.59 Å². The lowest BCUT2D eigenvalue weighted by atomic mass is 9.75. The third kappa shape index (κ3) is 4.20. The zero-order valence-electron chi connectivity index (χ0n) is 13.9. The summed E-state index contributed by atoms with van der Waals surface area (Å²) in [5.74, 6) is 1.70. The molecule has 2 fully saturated rings. The molecule has 1 N–H and O–H groups in total. The number of nitrogens with one attached hydrogen (secondary N) is 1. The van der Waals surface area contributed by atoms with Gasteiger partial charge in [0.2, 0.25) is 5.91 Å². The molecule has 3 rings (SSSR count). The number of hydrogen-bond acceptors (Lipinski definition) is 3. The molecule has 1 aliphatic carbocycles. The number of Topliss-reactive ketones (excluding diaryl/α,β-unsaturated/α-hetero) is 1. The number of piperidine rings is 1. The fourth-order valence-corrected chi connectivity index (χ4v) is 4.04. The van der Waals surface area contributed by atoms with Gasteiger partial charge in [-0.3, -0.25) is 14.5 Å². The van der Waals surface area contributed by atoms with Crippen LogP contribution in [0.15, 0.2) is 24.3 Å². The summed E-state index contributed by atoms with van der Waals surface area (Å²) in [5.41, 5.74) is 1.33. The third-order valence-corrected chi connectivity index (χ3v) is 5.30. The van der Waals surface area contributed by atoms with Crippen molar-refractivity contribution in [2.45, 2.75) is 39.0 Å². The van der Waals surface area contributed by atoms with Gasteiger partial charge in [0.05, 0.1) is 6.54 Å². The molecule has 1 aliphatic heterocycles. The van der Waals surface area contributed by atoms with Crippen LogP contribution in [0.1, 0.15) is 49.4 Å². The quantitative estimate of drug-likeness (QED) is 0.867. The zero-order valence-corrected chi connectivity index (χ0v) is 13.9. The van der Waals surface area contributed by atoms with Crippen LogP contribution in [0, 0.1) is 11.8 Å². The molecular formula is C19H26N2O2. The van der Waals surface area contributed by atoms with Crippen molar-refractivity contribution in [1.82, 2.24) is 4.90 Å². The van der Waals surface area contributed by atoms with Gasteiger partial charge in [0, 0.05) is 17.8 Å². The van der Waals surface area contributed by atoms with E-state index in [9.17, 15) is 9.59 Å². The lowest BCUT2D eigenvalue weighted by Gasteiger charge is -2.41. The van der Waals surface area contributed by atoms with E-state index in [1.165, 1.54) is 39.0 Å². The summed E-state index contributed by atoms with van der Waals surface area (Å²) in [5, 5.41) is 2.92. The van der Waals surface area contributed by atoms with Gasteiger partial charge in [0.15, 0.2) is 5.78 Å². The molecule has 0 bridgehead atoms. The minimum atomic E-state index is 0.0139. The van der Waals surface area contributed by atoms with E-state index in [0.29, 0.717) is 17.8 Å². The molecule has 4 heteroatoms. The molecule has 23 heavy (non-hydrogen) atoms. The van der Waals surface area contributed by atoms with Crippen LogP contribution in [-0.2, 0) is 4.79 Å². The fraction of sp³-hybridized carbons (Fsp3) is 0.579. The summed E-state index contributed by atoms with van der Waals surface area (Å²) >= 11 is 0. The second-order valence-electron chi connectivity index (χ2n) is 7.01. The fourth-order valence-electron chi connectivity index (χ4n) is 4.04. The maximum atomic E-state index is 12.3. The first-order chi connectivity index (χ1) is 11.1. The molecular weight excluding hydrogens is 288 g/mol. The van der Waals surface area contributed by atoms with Gasteiger partial charge in [-0.25, -0.2) is 0 Å². The number of benzene rings is 1. The molecule has 2 atom stereocenters. The summed E-state index contributed by atoms with van der Waals surface area (Å²) < 4.78 is 0. The largest absolute Gasteiger partial charge is 0.325 e. The van der Waals surface area contributed by atoms with Crippen LogP contribution in [0.25, 0.3) is 0 Å². The van der Waals surface area contributed by atoms with Crippen molar-refractivity contribution >= 4 is 17.4 Å². The number of anilines is 1. The highest BCUT2D eigenvalue weighted by atomic mass is 16.2. The van der Waals surface area contributed by atoms with Crippen LogP contribution in [0.4, 0.5) is 5.69 Å². The molecule has 0 unspecified atom stereocenters. The first-order valence-corrected chi connectivity index (χ1v) is 8.75. The van der Waals surface area contributed by atoms with E-state index in [2.05, 4.69) is 10.2 Å². The van der Waals surface area contributed by atoms with Crippen LogP contribution in [0.2, 0.25) is 0 Å². The molecule has 1 aromatic rings. The van der Waals surface area contributed by atoms with E-state index < -0.39 is 0 Å². The van der Waals surface area contributed by atoms with Crippen molar-refractivity contribution in [3.63, 3.8) is 0 Å². The summed E-state index contributed by atoms with van der Waals surface area (Å²) in [6, 6.07) is 7.15. The van der Waals surface area contributed by atoms with E-state index in [4.69, 9.17) is 0 Å². The van der Waals surface area contributed by atoms with Gasteiger partial charge in [-0.1, -0.05) is 31.4 Å². The van der Waals surface area contributed by atoms with Gasteiger partial charge in [-0.2, -0.15) is 0 Å². The molecule has 1 saturated heterocycles. The highest BCUT2D eigenvalue weighted by Crippen LogP contribution is 2.35. The molecule has 1 amide bonds. The Balaban J connectivity index is 1.53. The van der Waals surface area contributed by atoms with Crippen molar-refractivity contribution in [3.8, 4) is 0 Å². The molecule has 0 aromatic heterocycles. The third-order valence-electron chi connectivity index (χ3n) is 5.30. The van der Waals surface area contributed by atoms with Crippen LogP contribution in [0.3, 0.4) is 0 Å². The van der Waals surface area contributed by atoms with Gasteiger partial charge < -0.3 is 5.32 Å². The smallest absolute Gasteiger partial charge is 0.238 e. The maximum Gasteiger partial charge on any atom is 0.238 e. The Hall–Kier alpha value is -1.68. The number of amides is 1. The number of ketones is 1. The lowest BCUT2D eigenvalue weighted by molar-refractivity contribution is -0.118. The first kappa shape index (κ1) is 16.2. The molecule has 124 valence electrons. The van der Waals surface area contributed by atoms with Crippen molar-refractivity contribution in [1.29, 1.82) is 0 Å². The predicted molar refractivity (Wildman–Crippen MR) is 91.6 cm³/mol. The van der Waals surface area contributed by atoms with E-state index >= 15 is 0 Å². The number of fused-ring (bicyclic) bond motifs is 1. The number of rotatable bonds is 4. The molecule has 0 spiro atoms. The van der Waals surface area contributed by atoms with Gasteiger partial charge in [-0.05, 0) is 50.3 Å². The molecule has 4 nitrogen and oxygen atoms in total. The van der Waals surface area contributed by atoms with Gasteiger partial charge >= 0.3 is 0 Å². The Morgan fingerprint density at radius 1 is 1.17 bits per heavy atom. The molecule has 1 saturated carbocycles. The Bertz CT molecular complexity index is 584. The Morgan fingerprint density at radius 2 is 1.96 bits per heavy atom. The van der Waals surface area contributed by atoms with Crippen molar-refractivity contribution in [2.24, 2.45) is 11.8 Å². The highest BCUT2D eigenvalue weighted by Gasteiger charge is 2.31. The number of carbonyl (C=O) groups is 2. The molecule has 1 aromatic carbocycles. The average molecular weight is 314 g/mol. The maximum absolute atomic E-state index is 12.3. The second-order valence-corrected chi connectivity index (χ2v) is 7.01. The lowest BCUT2D eigenvalue weighted by Crippen LogP contribution is -2.44. The Morgan fingerprint density at radius 3 is 2.74 bits per heavy atom. The van der Waals surface area contributed by atoms with Crippen molar-refractivity contribution in [3.05, 3.63) is 29.8 Å². The highest BCUT2D eigenvalue weighted by molar-refractivity contribution is 5.97. The summed E-state index contributed by atoms with van der Waals surface area (Å²) in [4.78, 5) is 26.0. The molecule has 0 radical (unpaired) electrons. The number of carbonyl (C=O) groups excluding carboxylic acids is 2. The average Bonchev–Trinajstić information content (AvgIpc) is 2.55. The van der Waals surface area contributed by atoms with Gasteiger partial charge in [0.25, 0.3) is 0 Å². The van der Waals surface area contributed by atoms with Gasteiger partial charge in [0.1, 0.15) is 0 Å². The summed E-state index contributed by atoms with van der Waals surface area (Å²) in [6.45, 7) is 4.08. The van der Waals surface area contributed by atoms with Gasteiger partial charge in [-0.15, -0.1) is 0 Å². The van der Waals surface area contributed by atoms with Crippen LogP contribution in [-0.4, -0.2) is 36.2 Å². The Kier molecular flexibility index (Phi) is 5.11. The summed E-state index contributed by atoms with van der Waals surface area (Å²) in [7, 11) is 0. The van der Waals surface area contributed by atoms with Crippen LogP contribution < -0.4 is 5.32 Å². The molecule has 1 heterocycles. The predicted octanol–water partition coefficient (Wildman–Crippen LogP) is 3.34. The standard InChI is InChI=1S/C19H26N2O2/c1-14(22)16-7-4-8-18(11-16)20-19(23)13-21-10-9-15-5-2-3-6-17(15)12-21/h4,7-8,11,15,17H,2-3,5-6,9-10,12-13H2,1H3,(H,20,23)/t15-,17-/m1/s1. The first-order valence-electron chi connectivity index (χ1n) is 8.75. The van der Waals surface area contributed by atoms with Crippen molar-refractivity contribution in [2.75, 3.05) is 25.0 Å². The second kappa shape index (κ2) is 7.26. The summed E-state index contributed by atoms with van der Waals surface area (Å²) in [6.07, 6.45) is 6.66. The van der Waals surface area contributed by atoms with E-state index in [1.807, 2.05) is 6.07 Å². The minimum Gasteiger partial charge on any atom is -0.325 e. The molecule has 2 aliphatic rings. The van der Waals surface area contributed by atoms with Crippen LogP contribution >= 0.6 is 0 Å². The minimum absolute atomic E-state index is 0.0139. The van der Waals surface area contributed by atoms with Crippen LogP contribution in [0.5, 0.6) is 0 Å². The zero-order chi connectivity index (χ0) is 16.2. The van der Waals surface area contributed by atoms with E-state index in [0.717, 1.165) is 24.9 Å². The monoisotopic (exact) mass is 314 g/mol. The normalized spacial score (nSPS) is 24.7. The SMILES string of the molecule is CC(=O)c1cccc(NC(=O)CN2CC[C@H]3CCCC[C@@H]3C2)c1. The number of likely N-dealkylation sites (tertiary alicyclic amines) is 1. The topological polar surface area (TPSA) is 49.4 Å². The van der Waals surface area contributed by atoms with E-state index in [-0.39, 0.29) is 11.7 Å².